The third-order valence-corrected chi connectivity index (χ3v) is 1.14. The van der Waals surface area contributed by atoms with Crippen molar-refractivity contribution >= 4 is 5.70 Å². The Morgan fingerprint density at radius 1 is 1.15 bits per heavy atom. The fourth-order valence-corrected chi connectivity index (χ4v) is 0.652. The summed E-state index contributed by atoms with van der Waals surface area (Å²) in [5.74, 6) is 0. The van der Waals surface area contributed by atoms with Gasteiger partial charge in [0.2, 0.25) is 0 Å². The SMILES string of the molecule is C=C(N)c1ccccc1.CC.[CH3-].[Y]. The van der Waals surface area contributed by atoms with Crippen molar-refractivity contribution in [3.8, 4) is 0 Å². The molecule has 2 N–H and O–H groups in total. The Balaban J connectivity index is -0.000000234. The zero-order chi connectivity index (χ0) is 8.69. The van der Waals surface area contributed by atoms with Gasteiger partial charge in [0, 0.05) is 38.4 Å². The van der Waals surface area contributed by atoms with E-state index in [2.05, 4.69) is 6.58 Å². The summed E-state index contributed by atoms with van der Waals surface area (Å²) >= 11 is 0. The van der Waals surface area contributed by atoms with Gasteiger partial charge in [0.15, 0.2) is 0 Å². The minimum absolute atomic E-state index is 0. The topological polar surface area (TPSA) is 26.0 Å². The van der Waals surface area contributed by atoms with E-state index in [0.717, 1.165) is 5.56 Å². The minimum atomic E-state index is 0. The van der Waals surface area contributed by atoms with Gasteiger partial charge >= 0.3 is 0 Å². The van der Waals surface area contributed by atoms with E-state index in [-0.39, 0.29) is 40.1 Å². The molecule has 0 heterocycles. The van der Waals surface area contributed by atoms with E-state index in [1.54, 1.807) is 0 Å². The van der Waals surface area contributed by atoms with Crippen molar-refractivity contribution in [3.63, 3.8) is 0 Å². The molecule has 1 nitrogen and oxygen atoms in total. The van der Waals surface area contributed by atoms with Crippen LogP contribution in [0.3, 0.4) is 0 Å². The Labute approximate surface area is 107 Å². The molecule has 1 aromatic carbocycles. The summed E-state index contributed by atoms with van der Waals surface area (Å²) in [5.41, 5.74) is 7.04. The van der Waals surface area contributed by atoms with Crippen LogP contribution in [-0.4, -0.2) is 0 Å². The van der Waals surface area contributed by atoms with Crippen molar-refractivity contribution in [2.75, 3.05) is 0 Å². The van der Waals surface area contributed by atoms with Gasteiger partial charge < -0.3 is 13.2 Å². The second kappa shape index (κ2) is 11.9. The summed E-state index contributed by atoms with van der Waals surface area (Å²) in [5, 5.41) is 0. The van der Waals surface area contributed by atoms with Crippen molar-refractivity contribution < 1.29 is 32.7 Å². The Morgan fingerprint density at radius 3 is 1.77 bits per heavy atom. The standard InChI is InChI=1S/C8H9N.C2H6.CH3.Y/c1-7(9)8-5-3-2-4-6-8;1-2;;/h2-6H,1,9H2;1-2H3;1H3;/q;;-1;. The fourth-order valence-electron chi connectivity index (χ4n) is 0.652. The second-order valence-electron chi connectivity index (χ2n) is 1.89. The zero-order valence-electron chi connectivity index (χ0n) is 8.75. The number of hydrogen-bond acceptors (Lipinski definition) is 1. The van der Waals surface area contributed by atoms with Gasteiger partial charge in [-0.05, 0) is 5.56 Å². The molecule has 0 aliphatic rings. The maximum Gasteiger partial charge on any atom is 0.0314 e. The molecule has 0 bridgehead atoms. The third kappa shape index (κ3) is 8.20. The molecule has 0 atom stereocenters. The van der Waals surface area contributed by atoms with Crippen molar-refractivity contribution in [1.29, 1.82) is 0 Å². The van der Waals surface area contributed by atoms with E-state index in [1.165, 1.54) is 0 Å². The van der Waals surface area contributed by atoms with Crippen molar-refractivity contribution in [1.82, 2.24) is 0 Å². The minimum Gasteiger partial charge on any atom is -0.399 e. The molecule has 1 rings (SSSR count). The van der Waals surface area contributed by atoms with Crippen LogP contribution in [-0.2, 0) is 32.7 Å². The van der Waals surface area contributed by atoms with Crippen molar-refractivity contribution in [3.05, 3.63) is 49.9 Å². The molecule has 13 heavy (non-hydrogen) atoms. The fraction of sp³-hybridized carbons (Fsp3) is 0.182. The Morgan fingerprint density at radius 2 is 1.54 bits per heavy atom. The molecular weight excluding hydrogens is 235 g/mol. The first-order valence-electron chi connectivity index (χ1n) is 3.80. The molecule has 0 unspecified atom stereocenters. The van der Waals surface area contributed by atoms with Crippen LogP contribution in [0.5, 0.6) is 0 Å². The summed E-state index contributed by atoms with van der Waals surface area (Å²) < 4.78 is 0. The van der Waals surface area contributed by atoms with E-state index < -0.39 is 0 Å². The van der Waals surface area contributed by atoms with Gasteiger partial charge in [0.25, 0.3) is 0 Å². The molecule has 0 amide bonds. The number of rotatable bonds is 1. The summed E-state index contributed by atoms with van der Waals surface area (Å²) in [6.07, 6.45) is 0. The average Bonchev–Trinajstić information content (AvgIpc) is 2.10. The van der Waals surface area contributed by atoms with Crippen molar-refractivity contribution in [2.24, 2.45) is 5.73 Å². The number of nitrogens with two attached hydrogens (primary N) is 1. The largest absolute Gasteiger partial charge is 0.399 e. The number of benzene rings is 1. The van der Waals surface area contributed by atoms with E-state index in [1.807, 2.05) is 44.2 Å². The molecule has 0 saturated heterocycles. The number of hydrogen-bond donors (Lipinski definition) is 1. The Kier molecular flexibility index (Phi) is 17.0. The monoisotopic (exact) mass is 253 g/mol. The van der Waals surface area contributed by atoms with E-state index >= 15 is 0 Å². The van der Waals surface area contributed by atoms with Gasteiger partial charge in [-0.15, -0.1) is 0 Å². The first-order chi connectivity index (χ1) is 5.30. The van der Waals surface area contributed by atoms with Gasteiger partial charge in [-0.25, -0.2) is 0 Å². The Hall–Kier alpha value is -0.136. The van der Waals surface area contributed by atoms with Crippen molar-refractivity contribution in [2.45, 2.75) is 13.8 Å². The van der Waals surface area contributed by atoms with E-state index in [9.17, 15) is 0 Å². The van der Waals surface area contributed by atoms with Crippen LogP contribution in [0.25, 0.3) is 5.70 Å². The van der Waals surface area contributed by atoms with Gasteiger partial charge in [-0.1, -0.05) is 50.8 Å². The molecule has 0 aliphatic heterocycles. The second-order valence-corrected chi connectivity index (χ2v) is 1.89. The first kappa shape index (κ1) is 18.6. The maximum atomic E-state index is 5.42. The molecule has 0 aliphatic carbocycles. The molecular formula is C11H18NY-. The van der Waals surface area contributed by atoms with E-state index in [0.29, 0.717) is 5.70 Å². The van der Waals surface area contributed by atoms with Gasteiger partial charge in [-0.3, -0.25) is 0 Å². The maximum absolute atomic E-state index is 5.42. The van der Waals surface area contributed by atoms with Gasteiger partial charge in [-0.2, -0.15) is 0 Å². The molecule has 0 spiro atoms. The zero-order valence-corrected chi connectivity index (χ0v) is 11.6. The summed E-state index contributed by atoms with van der Waals surface area (Å²) in [6.45, 7) is 7.60. The Bertz CT molecular complexity index is 207. The van der Waals surface area contributed by atoms with E-state index in [4.69, 9.17) is 5.73 Å². The molecule has 2 heteroatoms. The van der Waals surface area contributed by atoms with Crippen LogP contribution in [0.15, 0.2) is 36.9 Å². The molecule has 0 fully saturated rings. The summed E-state index contributed by atoms with van der Waals surface area (Å²) in [4.78, 5) is 0. The molecule has 1 radical (unpaired) electrons. The predicted molar refractivity (Wildman–Crippen MR) is 57.4 cm³/mol. The predicted octanol–water partition coefficient (Wildman–Crippen LogP) is 3.09. The summed E-state index contributed by atoms with van der Waals surface area (Å²) in [7, 11) is 0. The smallest absolute Gasteiger partial charge is 0.0314 e. The van der Waals surface area contributed by atoms with Crippen LogP contribution in [0.4, 0.5) is 0 Å². The third-order valence-electron chi connectivity index (χ3n) is 1.14. The van der Waals surface area contributed by atoms with Crippen LogP contribution in [0, 0.1) is 7.43 Å². The molecule has 0 saturated carbocycles. The van der Waals surface area contributed by atoms with Crippen LogP contribution in [0.1, 0.15) is 19.4 Å². The average molecular weight is 253 g/mol. The molecule has 1 aromatic rings. The van der Waals surface area contributed by atoms with Crippen LogP contribution < -0.4 is 5.73 Å². The van der Waals surface area contributed by atoms with Crippen LogP contribution in [0.2, 0.25) is 0 Å². The van der Waals surface area contributed by atoms with Gasteiger partial charge in [0.1, 0.15) is 0 Å². The molecule has 71 valence electrons. The first-order valence-corrected chi connectivity index (χ1v) is 3.80. The quantitative estimate of drug-likeness (QED) is 0.765. The van der Waals surface area contributed by atoms with Crippen LogP contribution >= 0.6 is 0 Å². The van der Waals surface area contributed by atoms with Gasteiger partial charge in [0.05, 0.1) is 0 Å². The molecule has 0 aromatic heterocycles. The summed E-state index contributed by atoms with van der Waals surface area (Å²) in [6, 6.07) is 9.69. The normalized spacial score (nSPS) is 6.62.